The summed E-state index contributed by atoms with van der Waals surface area (Å²) >= 11 is 12.3. The molecular formula is C12H13Cl2N3O. The van der Waals surface area contributed by atoms with E-state index < -0.39 is 0 Å². The highest BCUT2D eigenvalue weighted by Gasteiger charge is 2.27. The highest BCUT2D eigenvalue weighted by atomic mass is 35.5. The molecule has 6 heteroatoms. The van der Waals surface area contributed by atoms with E-state index in [-0.39, 0.29) is 18.3 Å². The molecule has 0 aromatic heterocycles. The average Bonchev–Trinajstić information content (AvgIpc) is 3.07. The first-order chi connectivity index (χ1) is 8.49. The van der Waals surface area contributed by atoms with E-state index in [1.54, 1.807) is 6.07 Å². The van der Waals surface area contributed by atoms with Gasteiger partial charge in [-0.3, -0.25) is 15.5 Å². The van der Waals surface area contributed by atoms with Crippen LogP contribution in [0.2, 0.25) is 10.0 Å². The van der Waals surface area contributed by atoms with Crippen LogP contribution in [0.4, 0.5) is 0 Å². The van der Waals surface area contributed by atoms with Gasteiger partial charge < -0.3 is 5.73 Å². The van der Waals surface area contributed by atoms with Crippen molar-refractivity contribution in [2.24, 2.45) is 5.73 Å². The summed E-state index contributed by atoms with van der Waals surface area (Å²) in [5.41, 5.74) is 6.74. The lowest BCUT2D eigenvalue weighted by molar-refractivity contribution is -0.119. The third kappa shape index (κ3) is 2.94. The number of nitrogens with one attached hydrogen (secondary N) is 2. The molecule has 4 N–H and O–H groups in total. The van der Waals surface area contributed by atoms with Gasteiger partial charge in [0.2, 0.25) is 5.91 Å². The summed E-state index contributed by atoms with van der Waals surface area (Å²) in [5.74, 6) is -0.283. The van der Waals surface area contributed by atoms with E-state index in [2.05, 4.69) is 5.32 Å². The van der Waals surface area contributed by atoms with Gasteiger partial charge in [-0.1, -0.05) is 29.3 Å². The monoisotopic (exact) mass is 285 g/mol. The lowest BCUT2D eigenvalue weighted by atomic mass is 10.0. The van der Waals surface area contributed by atoms with Gasteiger partial charge in [-0.25, -0.2) is 0 Å². The number of nitrogens with two attached hydrogens (primary N) is 1. The van der Waals surface area contributed by atoms with Crippen molar-refractivity contribution in [1.29, 1.82) is 5.41 Å². The molecule has 1 amide bonds. The van der Waals surface area contributed by atoms with Crippen LogP contribution in [0, 0.1) is 5.41 Å². The maximum absolute atomic E-state index is 11.6. The van der Waals surface area contributed by atoms with Crippen LogP contribution in [0.25, 0.3) is 0 Å². The predicted molar refractivity (Wildman–Crippen MR) is 72.2 cm³/mol. The number of hydrogen-bond donors (Lipinski definition) is 3. The first-order valence-corrected chi connectivity index (χ1v) is 6.35. The fourth-order valence-corrected chi connectivity index (χ4v) is 2.50. The molecule has 18 heavy (non-hydrogen) atoms. The zero-order valence-electron chi connectivity index (χ0n) is 9.59. The number of carbonyl (C=O) groups excluding carboxylic acids is 1. The zero-order chi connectivity index (χ0) is 13.3. The molecule has 0 unspecified atom stereocenters. The minimum atomic E-state index is -0.390. The Hall–Kier alpha value is -1.26. The Morgan fingerprint density at radius 2 is 2.11 bits per heavy atom. The molecule has 1 fully saturated rings. The maximum atomic E-state index is 11.6. The van der Waals surface area contributed by atoms with Crippen molar-refractivity contribution in [1.82, 2.24) is 5.32 Å². The van der Waals surface area contributed by atoms with Gasteiger partial charge in [-0.15, -0.1) is 0 Å². The van der Waals surface area contributed by atoms with Crippen LogP contribution in [0.5, 0.6) is 0 Å². The minimum Gasteiger partial charge on any atom is -0.370 e. The largest absolute Gasteiger partial charge is 0.370 e. The molecule has 1 aromatic rings. The van der Waals surface area contributed by atoms with Crippen molar-refractivity contribution < 1.29 is 4.79 Å². The second-order valence-corrected chi connectivity index (χ2v) is 5.13. The molecule has 0 bridgehead atoms. The van der Waals surface area contributed by atoms with Gasteiger partial charge in [0.1, 0.15) is 0 Å². The topological polar surface area (TPSA) is 79.0 Å². The third-order valence-corrected chi connectivity index (χ3v) is 3.64. The van der Waals surface area contributed by atoms with Crippen molar-refractivity contribution in [2.45, 2.75) is 25.2 Å². The molecule has 2 rings (SSSR count). The smallest absolute Gasteiger partial charge is 0.231 e. The number of halogens is 2. The van der Waals surface area contributed by atoms with E-state index in [9.17, 15) is 4.79 Å². The summed E-state index contributed by atoms with van der Waals surface area (Å²) in [4.78, 5) is 11.6. The van der Waals surface area contributed by atoms with Crippen LogP contribution in [-0.2, 0) is 11.2 Å². The van der Waals surface area contributed by atoms with Crippen LogP contribution in [-0.4, -0.2) is 11.9 Å². The summed E-state index contributed by atoms with van der Waals surface area (Å²) in [7, 11) is 0. The van der Waals surface area contributed by atoms with Crippen molar-refractivity contribution in [3.8, 4) is 0 Å². The molecule has 1 aliphatic carbocycles. The van der Waals surface area contributed by atoms with E-state index >= 15 is 0 Å². The summed E-state index contributed by atoms with van der Waals surface area (Å²) in [6.45, 7) is 0. The number of benzene rings is 1. The van der Waals surface area contributed by atoms with Crippen LogP contribution >= 0.6 is 23.2 Å². The molecule has 1 saturated carbocycles. The van der Waals surface area contributed by atoms with Crippen LogP contribution in [0.3, 0.4) is 0 Å². The minimum absolute atomic E-state index is 0.0256. The van der Waals surface area contributed by atoms with Crippen LogP contribution in [0.15, 0.2) is 12.1 Å². The van der Waals surface area contributed by atoms with Crippen LogP contribution < -0.4 is 11.1 Å². The second-order valence-electron chi connectivity index (χ2n) is 4.34. The summed E-state index contributed by atoms with van der Waals surface area (Å²) < 4.78 is 0. The van der Waals surface area contributed by atoms with Crippen molar-refractivity contribution in [3.05, 3.63) is 33.3 Å². The van der Waals surface area contributed by atoms with E-state index in [0.717, 1.165) is 18.4 Å². The molecule has 1 aliphatic rings. The second kappa shape index (κ2) is 5.16. The number of guanidine groups is 1. The highest BCUT2D eigenvalue weighted by molar-refractivity contribution is 6.36. The normalized spacial score (nSPS) is 14.3. The highest BCUT2D eigenvalue weighted by Crippen LogP contribution is 2.45. The Morgan fingerprint density at radius 1 is 1.44 bits per heavy atom. The lowest BCUT2D eigenvalue weighted by Gasteiger charge is -2.11. The Balaban J connectivity index is 2.23. The molecule has 4 nitrogen and oxygen atoms in total. The SMILES string of the molecule is N=C(N)NC(=O)Cc1c(Cl)ccc(C2CC2)c1Cl. The molecule has 0 radical (unpaired) electrons. The van der Waals surface area contributed by atoms with E-state index in [0.29, 0.717) is 21.5 Å². The fraction of sp³-hybridized carbons (Fsp3) is 0.333. The molecular weight excluding hydrogens is 273 g/mol. The van der Waals surface area contributed by atoms with Crippen molar-refractivity contribution in [2.75, 3.05) is 0 Å². The van der Waals surface area contributed by atoms with Gasteiger partial charge in [0.05, 0.1) is 6.42 Å². The van der Waals surface area contributed by atoms with E-state index in [1.807, 2.05) is 6.07 Å². The summed E-state index contributed by atoms with van der Waals surface area (Å²) in [6.07, 6.45) is 2.28. The van der Waals surface area contributed by atoms with Gasteiger partial charge in [-0.2, -0.15) is 0 Å². The van der Waals surface area contributed by atoms with Gasteiger partial charge in [0.15, 0.2) is 5.96 Å². The predicted octanol–water partition coefficient (Wildman–Crippen LogP) is 2.42. The summed E-state index contributed by atoms with van der Waals surface area (Å²) in [6, 6.07) is 3.67. The van der Waals surface area contributed by atoms with Gasteiger partial charge in [0.25, 0.3) is 0 Å². The van der Waals surface area contributed by atoms with Gasteiger partial charge in [-0.05, 0) is 36.0 Å². The first-order valence-electron chi connectivity index (χ1n) is 5.59. The van der Waals surface area contributed by atoms with Gasteiger partial charge in [0, 0.05) is 10.0 Å². The quantitative estimate of drug-likeness (QED) is 0.589. The van der Waals surface area contributed by atoms with E-state index in [1.165, 1.54) is 0 Å². The maximum Gasteiger partial charge on any atom is 0.231 e. The average molecular weight is 286 g/mol. The zero-order valence-corrected chi connectivity index (χ0v) is 11.1. The molecule has 1 aromatic carbocycles. The molecule has 0 saturated heterocycles. The lowest BCUT2D eigenvalue weighted by Crippen LogP contribution is -2.36. The number of rotatable bonds is 3. The molecule has 0 atom stereocenters. The molecule has 0 heterocycles. The van der Waals surface area contributed by atoms with E-state index in [4.69, 9.17) is 34.3 Å². The third-order valence-electron chi connectivity index (χ3n) is 2.84. The Kier molecular flexibility index (Phi) is 3.78. The standard InChI is InChI=1S/C12H13Cl2N3O/c13-9-4-3-7(6-1-2-6)11(14)8(9)5-10(18)17-12(15)16/h3-4,6H,1-2,5H2,(H4,15,16,17,18). The first kappa shape index (κ1) is 13.2. The Bertz CT molecular complexity index is 512. The van der Waals surface area contributed by atoms with Crippen molar-refractivity contribution in [3.63, 3.8) is 0 Å². The molecule has 96 valence electrons. The fourth-order valence-electron chi connectivity index (χ4n) is 1.84. The Morgan fingerprint density at radius 3 is 2.67 bits per heavy atom. The number of carbonyl (C=O) groups is 1. The number of amides is 1. The molecule has 0 spiro atoms. The Labute approximate surface area is 115 Å². The van der Waals surface area contributed by atoms with Crippen molar-refractivity contribution >= 4 is 35.1 Å². The number of hydrogen-bond acceptors (Lipinski definition) is 2. The summed E-state index contributed by atoms with van der Waals surface area (Å²) in [5, 5.41) is 10.2. The molecule has 0 aliphatic heterocycles. The van der Waals surface area contributed by atoms with Gasteiger partial charge >= 0.3 is 0 Å². The van der Waals surface area contributed by atoms with Crippen LogP contribution in [0.1, 0.15) is 29.9 Å².